The zero-order valence-corrected chi connectivity index (χ0v) is 19.3. The van der Waals surface area contributed by atoms with Crippen molar-refractivity contribution in [1.82, 2.24) is 15.1 Å². The number of anilines is 1. The van der Waals surface area contributed by atoms with Crippen molar-refractivity contribution in [3.63, 3.8) is 0 Å². The Morgan fingerprint density at radius 2 is 1.80 bits per heavy atom. The van der Waals surface area contributed by atoms with Crippen molar-refractivity contribution in [1.29, 1.82) is 0 Å². The summed E-state index contributed by atoms with van der Waals surface area (Å²) in [7, 11) is 5.79. The summed E-state index contributed by atoms with van der Waals surface area (Å²) >= 11 is 0. The Morgan fingerprint density at radius 3 is 2.43 bits per heavy atom. The van der Waals surface area contributed by atoms with E-state index in [2.05, 4.69) is 56.3 Å². The van der Waals surface area contributed by atoms with Crippen molar-refractivity contribution < 1.29 is 4.74 Å². The van der Waals surface area contributed by atoms with Gasteiger partial charge in [0.2, 0.25) is 0 Å². The molecular weight excluding hydrogens is 374 g/mol. The highest BCUT2D eigenvalue weighted by Gasteiger charge is 2.19. The van der Waals surface area contributed by atoms with Crippen LogP contribution in [0.5, 0.6) is 0 Å². The molecule has 0 radical (unpaired) electrons. The molecule has 2 fully saturated rings. The Bertz CT molecular complexity index is 634. The standard InChI is InChI=1S/C24H41N5O/c1-25-24(26-19-21-11-15-28(16-12-21)17-18-30-3)27(2)20-22-7-9-23(10-8-22)29-13-5-4-6-14-29/h7-10,21H,4-6,11-20H2,1-3H3,(H,25,26). The lowest BCUT2D eigenvalue weighted by atomic mass is 9.97. The van der Waals surface area contributed by atoms with Crippen LogP contribution in [0.15, 0.2) is 29.3 Å². The Labute approximate surface area is 183 Å². The first kappa shape index (κ1) is 22.9. The van der Waals surface area contributed by atoms with E-state index in [9.17, 15) is 0 Å². The number of aliphatic imine (C=N–C) groups is 1. The molecule has 3 rings (SSSR count). The van der Waals surface area contributed by atoms with Gasteiger partial charge in [0.1, 0.15) is 0 Å². The van der Waals surface area contributed by atoms with Gasteiger partial charge in [-0.25, -0.2) is 0 Å². The topological polar surface area (TPSA) is 43.3 Å². The van der Waals surface area contributed by atoms with Crippen LogP contribution in [0, 0.1) is 5.92 Å². The van der Waals surface area contributed by atoms with Gasteiger partial charge < -0.3 is 24.8 Å². The number of hydrogen-bond donors (Lipinski definition) is 1. The molecule has 2 aliphatic heterocycles. The Balaban J connectivity index is 1.42. The van der Waals surface area contributed by atoms with E-state index in [4.69, 9.17) is 4.74 Å². The van der Waals surface area contributed by atoms with Gasteiger partial charge in [-0.1, -0.05) is 12.1 Å². The highest BCUT2D eigenvalue weighted by atomic mass is 16.5. The molecule has 0 amide bonds. The Kier molecular flexibility index (Phi) is 9.27. The van der Waals surface area contributed by atoms with Gasteiger partial charge in [-0.15, -0.1) is 0 Å². The Hall–Kier alpha value is -1.79. The fraction of sp³-hybridized carbons (Fsp3) is 0.708. The molecule has 0 bridgehead atoms. The SMILES string of the molecule is CN=C(NCC1CCN(CCOC)CC1)N(C)Cc1ccc(N2CCCCC2)cc1. The van der Waals surface area contributed by atoms with Crippen LogP contribution < -0.4 is 10.2 Å². The lowest BCUT2D eigenvalue weighted by Gasteiger charge is -2.32. The predicted octanol–water partition coefficient (Wildman–Crippen LogP) is 3.04. The molecule has 1 aromatic rings. The fourth-order valence-electron chi connectivity index (χ4n) is 4.57. The molecule has 30 heavy (non-hydrogen) atoms. The third-order valence-electron chi connectivity index (χ3n) is 6.52. The van der Waals surface area contributed by atoms with E-state index in [0.29, 0.717) is 0 Å². The van der Waals surface area contributed by atoms with E-state index in [1.54, 1.807) is 7.11 Å². The van der Waals surface area contributed by atoms with Crippen LogP contribution in [0.2, 0.25) is 0 Å². The third-order valence-corrected chi connectivity index (χ3v) is 6.52. The minimum Gasteiger partial charge on any atom is -0.383 e. The van der Waals surface area contributed by atoms with E-state index in [0.717, 1.165) is 38.1 Å². The summed E-state index contributed by atoms with van der Waals surface area (Å²) in [4.78, 5) is 11.8. The summed E-state index contributed by atoms with van der Waals surface area (Å²) in [6.45, 7) is 8.50. The summed E-state index contributed by atoms with van der Waals surface area (Å²) < 4.78 is 5.20. The number of benzene rings is 1. The lowest BCUT2D eigenvalue weighted by molar-refractivity contribution is 0.120. The number of methoxy groups -OCH3 is 1. The maximum absolute atomic E-state index is 5.20. The minimum atomic E-state index is 0.720. The smallest absolute Gasteiger partial charge is 0.193 e. The molecule has 168 valence electrons. The number of likely N-dealkylation sites (tertiary alicyclic amines) is 1. The summed E-state index contributed by atoms with van der Waals surface area (Å²) in [5.41, 5.74) is 2.69. The number of rotatable bonds is 8. The summed E-state index contributed by atoms with van der Waals surface area (Å²) in [6, 6.07) is 9.09. The molecule has 0 unspecified atom stereocenters. The number of nitrogens with zero attached hydrogens (tertiary/aromatic N) is 4. The summed E-state index contributed by atoms with van der Waals surface area (Å²) in [5, 5.41) is 3.60. The summed E-state index contributed by atoms with van der Waals surface area (Å²) in [5.74, 6) is 1.70. The van der Waals surface area contributed by atoms with Gasteiger partial charge in [0.25, 0.3) is 0 Å². The van der Waals surface area contributed by atoms with Crippen LogP contribution in [0.3, 0.4) is 0 Å². The Morgan fingerprint density at radius 1 is 1.10 bits per heavy atom. The largest absolute Gasteiger partial charge is 0.383 e. The second-order valence-electron chi connectivity index (χ2n) is 8.78. The van der Waals surface area contributed by atoms with Crippen LogP contribution in [-0.4, -0.2) is 82.8 Å². The number of piperidine rings is 2. The number of ether oxygens (including phenoxy) is 1. The molecule has 6 heteroatoms. The van der Waals surface area contributed by atoms with E-state index in [-0.39, 0.29) is 0 Å². The van der Waals surface area contributed by atoms with Gasteiger partial charge in [0.15, 0.2) is 5.96 Å². The number of nitrogens with one attached hydrogen (secondary N) is 1. The molecule has 2 aliphatic rings. The maximum Gasteiger partial charge on any atom is 0.193 e. The molecule has 2 heterocycles. The second-order valence-corrected chi connectivity index (χ2v) is 8.78. The highest BCUT2D eigenvalue weighted by molar-refractivity contribution is 5.79. The van der Waals surface area contributed by atoms with Gasteiger partial charge in [-0.2, -0.15) is 0 Å². The second kappa shape index (κ2) is 12.2. The van der Waals surface area contributed by atoms with Crippen LogP contribution in [0.4, 0.5) is 5.69 Å². The third kappa shape index (κ3) is 6.88. The van der Waals surface area contributed by atoms with Gasteiger partial charge in [0.05, 0.1) is 6.61 Å². The van der Waals surface area contributed by atoms with Crippen molar-refractivity contribution in [2.24, 2.45) is 10.9 Å². The van der Waals surface area contributed by atoms with Crippen molar-refractivity contribution in [3.05, 3.63) is 29.8 Å². The highest BCUT2D eigenvalue weighted by Crippen LogP contribution is 2.21. The van der Waals surface area contributed by atoms with E-state index >= 15 is 0 Å². The van der Waals surface area contributed by atoms with Crippen molar-refractivity contribution in [2.45, 2.75) is 38.6 Å². The normalized spacial score (nSPS) is 19.2. The first-order chi connectivity index (χ1) is 14.7. The number of hydrogen-bond acceptors (Lipinski definition) is 4. The molecule has 2 saturated heterocycles. The minimum absolute atomic E-state index is 0.720. The molecule has 6 nitrogen and oxygen atoms in total. The number of guanidine groups is 1. The van der Waals surface area contributed by atoms with Crippen LogP contribution in [0.1, 0.15) is 37.7 Å². The molecule has 0 aromatic heterocycles. The maximum atomic E-state index is 5.20. The van der Waals surface area contributed by atoms with Crippen molar-refractivity contribution in [2.75, 3.05) is 72.0 Å². The quantitative estimate of drug-likeness (QED) is 0.522. The first-order valence-electron chi connectivity index (χ1n) is 11.7. The molecule has 0 saturated carbocycles. The zero-order chi connectivity index (χ0) is 21.2. The van der Waals surface area contributed by atoms with Crippen molar-refractivity contribution >= 4 is 11.6 Å². The van der Waals surface area contributed by atoms with Gasteiger partial charge in [-0.05, 0) is 68.8 Å². The average Bonchev–Trinajstić information content (AvgIpc) is 2.80. The van der Waals surface area contributed by atoms with Gasteiger partial charge >= 0.3 is 0 Å². The van der Waals surface area contributed by atoms with Crippen molar-refractivity contribution in [3.8, 4) is 0 Å². The lowest BCUT2D eigenvalue weighted by Crippen LogP contribution is -2.43. The first-order valence-corrected chi connectivity index (χ1v) is 11.7. The molecule has 0 spiro atoms. The van der Waals surface area contributed by atoms with Crippen LogP contribution in [-0.2, 0) is 11.3 Å². The predicted molar refractivity (Wildman–Crippen MR) is 126 cm³/mol. The van der Waals surface area contributed by atoms with Gasteiger partial charge in [-0.3, -0.25) is 4.99 Å². The molecule has 0 atom stereocenters. The average molecular weight is 416 g/mol. The van der Waals surface area contributed by atoms with E-state index < -0.39 is 0 Å². The van der Waals surface area contributed by atoms with E-state index in [1.807, 2.05) is 7.05 Å². The van der Waals surface area contributed by atoms with Crippen LogP contribution >= 0.6 is 0 Å². The van der Waals surface area contributed by atoms with E-state index in [1.165, 1.54) is 69.5 Å². The molecule has 1 aromatic carbocycles. The van der Waals surface area contributed by atoms with Crippen LogP contribution in [0.25, 0.3) is 0 Å². The summed E-state index contributed by atoms with van der Waals surface area (Å²) in [6.07, 6.45) is 6.50. The van der Waals surface area contributed by atoms with Gasteiger partial charge in [0, 0.05) is 59.6 Å². The zero-order valence-electron chi connectivity index (χ0n) is 19.3. The fourth-order valence-corrected chi connectivity index (χ4v) is 4.57. The monoisotopic (exact) mass is 415 g/mol. The molecule has 1 N–H and O–H groups in total. The molecule has 0 aliphatic carbocycles. The molecular formula is C24H41N5O.